The number of carbonyl (C=O) groups excluding carboxylic acids is 2. The lowest BCUT2D eigenvalue weighted by Gasteiger charge is -2.31. The summed E-state index contributed by atoms with van der Waals surface area (Å²) in [6.45, 7) is 3.68. The van der Waals surface area contributed by atoms with Crippen LogP contribution in [0, 0.1) is 12.8 Å². The number of amides is 2. The second kappa shape index (κ2) is 7.99. The van der Waals surface area contributed by atoms with Crippen molar-refractivity contribution in [2.24, 2.45) is 11.7 Å². The quantitative estimate of drug-likeness (QED) is 0.833. The first-order valence-electron chi connectivity index (χ1n) is 6.82. The Morgan fingerprint density at radius 1 is 1.57 bits per heavy atom. The number of halogens is 1. The number of piperidine rings is 1. The summed E-state index contributed by atoms with van der Waals surface area (Å²) in [5, 5.41) is 6.50. The van der Waals surface area contributed by atoms with E-state index < -0.39 is 0 Å². The molecule has 1 unspecified atom stereocenters. The molecule has 1 atom stereocenters. The lowest BCUT2D eigenvalue weighted by atomic mass is 9.97. The highest BCUT2D eigenvalue weighted by Crippen LogP contribution is 2.18. The smallest absolute Gasteiger partial charge is 0.276 e. The van der Waals surface area contributed by atoms with E-state index in [4.69, 9.17) is 10.3 Å². The summed E-state index contributed by atoms with van der Waals surface area (Å²) in [6.07, 6.45) is 1.60. The van der Waals surface area contributed by atoms with Gasteiger partial charge >= 0.3 is 0 Å². The topological polar surface area (TPSA) is 101 Å². The van der Waals surface area contributed by atoms with Crippen LogP contribution in [0.4, 0.5) is 0 Å². The van der Waals surface area contributed by atoms with E-state index >= 15 is 0 Å². The Kier molecular flexibility index (Phi) is 6.64. The van der Waals surface area contributed by atoms with Gasteiger partial charge in [-0.1, -0.05) is 5.16 Å². The molecular weight excluding hydrogens is 296 g/mol. The minimum absolute atomic E-state index is 0. The molecule has 8 heteroatoms. The summed E-state index contributed by atoms with van der Waals surface area (Å²) in [5.74, 6) is 0.206. The van der Waals surface area contributed by atoms with Gasteiger partial charge in [0.05, 0.1) is 5.92 Å². The molecule has 7 nitrogen and oxygen atoms in total. The van der Waals surface area contributed by atoms with Gasteiger partial charge in [0.25, 0.3) is 5.91 Å². The van der Waals surface area contributed by atoms with Gasteiger partial charge in [-0.15, -0.1) is 12.4 Å². The maximum Gasteiger partial charge on any atom is 0.276 e. The number of likely N-dealkylation sites (tertiary alicyclic amines) is 1. The van der Waals surface area contributed by atoms with E-state index in [-0.39, 0.29) is 30.1 Å². The van der Waals surface area contributed by atoms with Gasteiger partial charge in [0.2, 0.25) is 5.91 Å². The number of nitrogens with zero attached hydrogens (tertiary/aromatic N) is 2. The molecular formula is C13H21ClN4O3. The third kappa shape index (κ3) is 4.44. The van der Waals surface area contributed by atoms with E-state index in [0.29, 0.717) is 37.6 Å². The molecule has 0 radical (unpaired) electrons. The van der Waals surface area contributed by atoms with Crippen LogP contribution >= 0.6 is 12.4 Å². The van der Waals surface area contributed by atoms with E-state index in [9.17, 15) is 9.59 Å². The highest BCUT2D eigenvalue weighted by Gasteiger charge is 2.29. The Morgan fingerprint density at radius 3 is 2.95 bits per heavy atom. The molecule has 1 aliphatic heterocycles. The van der Waals surface area contributed by atoms with Gasteiger partial charge in [-0.2, -0.15) is 0 Å². The largest absolute Gasteiger partial charge is 0.361 e. The Morgan fingerprint density at radius 2 is 2.33 bits per heavy atom. The average molecular weight is 317 g/mol. The zero-order chi connectivity index (χ0) is 14.5. The van der Waals surface area contributed by atoms with Crippen LogP contribution < -0.4 is 11.1 Å². The van der Waals surface area contributed by atoms with Crippen LogP contribution in [-0.4, -0.2) is 48.0 Å². The second-order valence-corrected chi connectivity index (χ2v) is 4.99. The van der Waals surface area contributed by atoms with Crippen molar-refractivity contribution in [1.82, 2.24) is 15.4 Å². The van der Waals surface area contributed by atoms with Crippen LogP contribution in [0.5, 0.6) is 0 Å². The van der Waals surface area contributed by atoms with Crippen molar-refractivity contribution < 1.29 is 14.1 Å². The fraction of sp³-hybridized carbons (Fsp3) is 0.615. The molecule has 0 bridgehead atoms. The molecule has 0 aliphatic carbocycles. The average Bonchev–Trinajstić information content (AvgIpc) is 2.90. The first-order valence-corrected chi connectivity index (χ1v) is 6.82. The predicted octanol–water partition coefficient (Wildman–Crippen LogP) is 0.332. The molecule has 1 aliphatic rings. The van der Waals surface area contributed by atoms with Crippen LogP contribution in [0.3, 0.4) is 0 Å². The summed E-state index contributed by atoms with van der Waals surface area (Å²) in [4.78, 5) is 25.8. The molecule has 0 aromatic carbocycles. The van der Waals surface area contributed by atoms with E-state index in [0.717, 1.165) is 12.8 Å². The standard InChI is InChI=1S/C13H20N4O3.ClH/c1-9-7-11(16-20-9)13(19)17-6-2-3-10(8-17)12(18)15-5-4-14;/h7,10H,2-6,8,14H2,1H3,(H,15,18);1H. The number of nitrogens with two attached hydrogens (primary N) is 1. The summed E-state index contributed by atoms with van der Waals surface area (Å²) in [7, 11) is 0. The number of hydrogen-bond acceptors (Lipinski definition) is 5. The van der Waals surface area contributed by atoms with Gasteiger partial charge in [-0.25, -0.2) is 0 Å². The van der Waals surface area contributed by atoms with Crippen LogP contribution in [-0.2, 0) is 4.79 Å². The SMILES string of the molecule is Cc1cc(C(=O)N2CCCC(C(=O)NCCN)C2)no1.Cl. The van der Waals surface area contributed by atoms with Crippen molar-refractivity contribution in [2.45, 2.75) is 19.8 Å². The molecule has 21 heavy (non-hydrogen) atoms. The van der Waals surface area contributed by atoms with Crippen molar-refractivity contribution in [3.63, 3.8) is 0 Å². The van der Waals surface area contributed by atoms with Gasteiger partial charge < -0.3 is 20.5 Å². The summed E-state index contributed by atoms with van der Waals surface area (Å²) in [5.41, 5.74) is 5.66. The molecule has 0 spiro atoms. The number of aryl methyl sites for hydroxylation is 1. The van der Waals surface area contributed by atoms with E-state index in [1.165, 1.54) is 0 Å². The van der Waals surface area contributed by atoms with Gasteiger partial charge in [0.1, 0.15) is 5.76 Å². The van der Waals surface area contributed by atoms with Crippen molar-refractivity contribution >= 4 is 24.2 Å². The lowest BCUT2D eigenvalue weighted by Crippen LogP contribution is -2.46. The Bertz CT molecular complexity index is 492. The minimum Gasteiger partial charge on any atom is -0.361 e. The van der Waals surface area contributed by atoms with Crippen LogP contribution in [0.25, 0.3) is 0 Å². The maximum absolute atomic E-state index is 12.2. The summed E-state index contributed by atoms with van der Waals surface area (Å²) in [6, 6.07) is 1.61. The van der Waals surface area contributed by atoms with Crippen LogP contribution in [0.15, 0.2) is 10.6 Å². The minimum atomic E-state index is -0.182. The molecule has 2 rings (SSSR count). The van der Waals surface area contributed by atoms with Crippen molar-refractivity contribution in [3.8, 4) is 0 Å². The molecule has 1 aromatic heterocycles. The number of nitrogens with one attached hydrogen (secondary N) is 1. The molecule has 3 N–H and O–H groups in total. The molecule has 1 fully saturated rings. The van der Waals surface area contributed by atoms with Crippen LogP contribution in [0.1, 0.15) is 29.1 Å². The van der Waals surface area contributed by atoms with E-state index in [1.54, 1.807) is 17.9 Å². The fourth-order valence-electron chi connectivity index (χ4n) is 2.34. The van der Waals surface area contributed by atoms with Gasteiger partial charge in [-0.05, 0) is 19.8 Å². The first kappa shape index (κ1) is 17.5. The summed E-state index contributed by atoms with van der Waals surface area (Å²) >= 11 is 0. The molecule has 1 aromatic rings. The zero-order valence-electron chi connectivity index (χ0n) is 12.0. The zero-order valence-corrected chi connectivity index (χ0v) is 12.8. The van der Waals surface area contributed by atoms with Crippen LogP contribution in [0.2, 0.25) is 0 Å². The molecule has 0 saturated carbocycles. The predicted molar refractivity (Wildman–Crippen MR) is 79.2 cm³/mol. The van der Waals surface area contributed by atoms with Crippen molar-refractivity contribution in [3.05, 3.63) is 17.5 Å². The Hall–Kier alpha value is -1.60. The third-order valence-electron chi connectivity index (χ3n) is 3.37. The van der Waals surface area contributed by atoms with E-state index in [2.05, 4.69) is 10.5 Å². The van der Waals surface area contributed by atoms with Crippen molar-refractivity contribution in [2.75, 3.05) is 26.2 Å². The second-order valence-electron chi connectivity index (χ2n) is 4.99. The molecule has 2 amide bonds. The maximum atomic E-state index is 12.2. The highest BCUT2D eigenvalue weighted by molar-refractivity contribution is 5.92. The van der Waals surface area contributed by atoms with Gasteiger partial charge in [0.15, 0.2) is 5.69 Å². The molecule has 118 valence electrons. The lowest BCUT2D eigenvalue weighted by molar-refractivity contribution is -0.126. The number of hydrogen-bond donors (Lipinski definition) is 2. The third-order valence-corrected chi connectivity index (χ3v) is 3.37. The van der Waals surface area contributed by atoms with Gasteiger partial charge in [-0.3, -0.25) is 9.59 Å². The number of carbonyl (C=O) groups is 2. The normalized spacial score (nSPS) is 18.0. The Balaban J connectivity index is 0.00000220. The molecule has 2 heterocycles. The Labute approximate surface area is 129 Å². The fourth-order valence-corrected chi connectivity index (χ4v) is 2.34. The first-order chi connectivity index (χ1) is 9.61. The van der Waals surface area contributed by atoms with Crippen molar-refractivity contribution in [1.29, 1.82) is 0 Å². The monoisotopic (exact) mass is 316 g/mol. The number of rotatable bonds is 4. The van der Waals surface area contributed by atoms with Gasteiger partial charge in [0, 0.05) is 32.2 Å². The van der Waals surface area contributed by atoms with E-state index in [1.807, 2.05) is 0 Å². The number of aromatic nitrogens is 1. The summed E-state index contributed by atoms with van der Waals surface area (Å²) < 4.78 is 4.91. The highest BCUT2D eigenvalue weighted by atomic mass is 35.5. The molecule has 1 saturated heterocycles.